The molecule has 0 radical (unpaired) electrons. The van der Waals surface area contributed by atoms with Crippen molar-refractivity contribution in [2.75, 3.05) is 0 Å². The zero-order valence-corrected chi connectivity index (χ0v) is 15.2. The van der Waals surface area contributed by atoms with Crippen molar-refractivity contribution < 1.29 is 0 Å². The number of hydrogen-bond donors (Lipinski definition) is 0. The molecule has 0 aliphatic carbocycles. The van der Waals surface area contributed by atoms with Crippen LogP contribution in [0.3, 0.4) is 0 Å². The predicted octanol–water partition coefficient (Wildman–Crippen LogP) is 6.17. The molecule has 3 aromatic carbocycles. The second-order valence-electron chi connectivity index (χ2n) is 6.58. The summed E-state index contributed by atoms with van der Waals surface area (Å²) in [5, 5.41) is 5.95. The molecule has 6 aromatic rings. The fraction of sp³-hybridized carbons (Fsp3) is 0. The van der Waals surface area contributed by atoms with Crippen LogP contribution >= 0.6 is 0 Å². The van der Waals surface area contributed by atoms with Crippen molar-refractivity contribution in [3.05, 3.63) is 104 Å². The maximum absolute atomic E-state index is 4.41. The Balaban J connectivity index is 0.000000122. The number of fused-ring (bicyclic) bond motifs is 6. The summed E-state index contributed by atoms with van der Waals surface area (Å²) in [7, 11) is 0. The third-order valence-electron chi connectivity index (χ3n) is 4.84. The van der Waals surface area contributed by atoms with Crippen LogP contribution in [0.25, 0.3) is 43.5 Å². The van der Waals surface area contributed by atoms with Crippen molar-refractivity contribution >= 4 is 43.5 Å². The van der Waals surface area contributed by atoms with Gasteiger partial charge in [-0.2, -0.15) is 0 Å². The van der Waals surface area contributed by atoms with E-state index in [1.165, 1.54) is 16.2 Å². The summed E-state index contributed by atoms with van der Waals surface area (Å²) in [5.74, 6) is 0. The van der Waals surface area contributed by atoms with Crippen molar-refractivity contribution in [2.45, 2.75) is 0 Å². The van der Waals surface area contributed by atoms with Crippen LogP contribution in [0.2, 0.25) is 0 Å². The van der Waals surface area contributed by atoms with E-state index in [2.05, 4.69) is 81.7 Å². The van der Waals surface area contributed by atoms with Gasteiger partial charge in [0, 0.05) is 40.1 Å². The smallest absolute Gasteiger partial charge is 0.0964 e. The van der Waals surface area contributed by atoms with Gasteiger partial charge in [0.05, 0.1) is 16.6 Å². The van der Waals surface area contributed by atoms with Gasteiger partial charge in [-0.3, -0.25) is 15.0 Å². The van der Waals surface area contributed by atoms with Crippen LogP contribution in [-0.2, 0) is 0 Å². The molecular formula is C25H17N3. The molecule has 0 saturated heterocycles. The highest BCUT2D eigenvalue weighted by molar-refractivity contribution is 6.05. The molecule has 0 N–H and O–H groups in total. The molecule has 0 fully saturated rings. The molecule has 0 atom stereocenters. The molecule has 0 aliphatic rings. The van der Waals surface area contributed by atoms with E-state index in [0.717, 1.165) is 27.3 Å². The number of benzene rings is 3. The lowest BCUT2D eigenvalue weighted by Gasteiger charge is -2.01. The summed E-state index contributed by atoms with van der Waals surface area (Å²) < 4.78 is 0. The van der Waals surface area contributed by atoms with Crippen LogP contribution in [0.1, 0.15) is 0 Å². The van der Waals surface area contributed by atoms with E-state index in [-0.39, 0.29) is 0 Å². The Bertz CT molecular complexity index is 1200. The van der Waals surface area contributed by atoms with E-state index in [1.807, 2.05) is 24.4 Å². The molecule has 0 unspecified atom stereocenters. The minimum atomic E-state index is 0.977. The van der Waals surface area contributed by atoms with Crippen molar-refractivity contribution in [2.24, 2.45) is 0 Å². The highest BCUT2D eigenvalue weighted by Crippen LogP contribution is 2.23. The van der Waals surface area contributed by atoms with Gasteiger partial charge in [0.1, 0.15) is 0 Å². The summed E-state index contributed by atoms with van der Waals surface area (Å²) in [6, 6.07) is 28.8. The van der Waals surface area contributed by atoms with Gasteiger partial charge in [-0.15, -0.1) is 0 Å². The number of nitrogens with zero attached hydrogens (tertiary/aromatic N) is 3. The van der Waals surface area contributed by atoms with Crippen molar-refractivity contribution in [3.63, 3.8) is 0 Å². The molecule has 0 saturated carbocycles. The molecule has 0 aliphatic heterocycles. The standard InChI is InChI=1S/C13H9N.C12H8N2/c1-2-6-12-10(4-1)7-8-11-5-3-9-14-13(11)12;1-3-9-5-6-10-4-2-8-14-12(10)11(9)13-7-1/h1-9H;1-8H. The number of rotatable bonds is 0. The molecule has 132 valence electrons. The Kier molecular flexibility index (Phi) is 4.11. The number of hydrogen-bond acceptors (Lipinski definition) is 3. The predicted molar refractivity (Wildman–Crippen MR) is 116 cm³/mol. The summed E-state index contributed by atoms with van der Waals surface area (Å²) in [5.41, 5.74) is 3.04. The Morgan fingerprint density at radius 3 is 1.39 bits per heavy atom. The maximum atomic E-state index is 4.41. The zero-order valence-electron chi connectivity index (χ0n) is 15.2. The fourth-order valence-corrected chi connectivity index (χ4v) is 3.49. The van der Waals surface area contributed by atoms with Gasteiger partial charge in [-0.25, -0.2) is 0 Å². The third kappa shape index (κ3) is 2.93. The van der Waals surface area contributed by atoms with Crippen LogP contribution in [-0.4, -0.2) is 15.0 Å². The highest BCUT2D eigenvalue weighted by Gasteiger charge is 2.00. The zero-order chi connectivity index (χ0) is 18.8. The Labute approximate surface area is 162 Å². The summed E-state index contributed by atoms with van der Waals surface area (Å²) >= 11 is 0. The van der Waals surface area contributed by atoms with Gasteiger partial charge in [0.2, 0.25) is 0 Å². The first-order chi connectivity index (χ1) is 13.9. The first kappa shape index (κ1) is 16.3. The lowest BCUT2D eigenvalue weighted by molar-refractivity contribution is 1.37. The van der Waals surface area contributed by atoms with Crippen LogP contribution in [0.4, 0.5) is 0 Å². The van der Waals surface area contributed by atoms with Crippen LogP contribution in [0, 0.1) is 0 Å². The van der Waals surface area contributed by atoms with Crippen molar-refractivity contribution in [1.82, 2.24) is 15.0 Å². The monoisotopic (exact) mass is 359 g/mol. The molecule has 3 heteroatoms. The molecule has 3 heterocycles. The molecule has 0 spiro atoms. The first-order valence-electron chi connectivity index (χ1n) is 9.21. The van der Waals surface area contributed by atoms with Crippen LogP contribution < -0.4 is 0 Å². The minimum absolute atomic E-state index is 0.977. The van der Waals surface area contributed by atoms with Gasteiger partial charge in [-0.05, 0) is 23.6 Å². The maximum Gasteiger partial charge on any atom is 0.0964 e. The second kappa shape index (κ2) is 7.05. The van der Waals surface area contributed by atoms with E-state index in [0.29, 0.717) is 0 Å². The van der Waals surface area contributed by atoms with Crippen LogP contribution in [0.15, 0.2) is 104 Å². The van der Waals surface area contributed by atoms with Crippen molar-refractivity contribution in [3.8, 4) is 0 Å². The van der Waals surface area contributed by atoms with E-state index in [1.54, 1.807) is 12.4 Å². The van der Waals surface area contributed by atoms with Gasteiger partial charge >= 0.3 is 0 Å². The summed E-state index contributed by atoms with van der Waals surface area (Å²) in [6.45, 7) is 0. The fourth-order valence-electron chi connectivity index (χ4n) is 3.49. The largest absolute Gasteiger partial charge is 0.256 e. The lowest BCUT2D eigenvalue weighted by Crippen LogP contribution is -1.83. The van der Waals surface area contributed by atoms with E-state index >= 15 is 0 Å². The first-order valence-corrected chi connectivity index (χ1v) is 9.21. The summed E-state index contributed by atoms with van der Waals surface area (Å²) in [6.07, 6.45) is 5.45. The van der Waals surface area contributed by atoms with E-state index in [9.17, 15) is 0 Å². The lowest BCUT2D eigenvalue weighted by atomic mass is 10.1. The Hall–Kier alpha value is -3.85. The van der Waals surface area contributed by atoms with Gasteiger partial charge in [0.15, 0.2) is 0 Å². The van der Waals surface area contributed by atoms with Crippen molar-refractivity contribution in [1.29, 1.82) is 0 Å². The average molecular weight is 359 g/mol. The Morgan fingerprint density at radius 1 is 0.357 bits per heavy atom. The van der Waals surface area contributed by atoms with E-state index in [4.69, 9.17) is 0 Å². The van der Waals surface area contributed by atoms with Crippen LogP contribution in [0.5, 0.6) is 0 Å². The van der Waals surface area contributed by atoms with Gasteiger partial charge in [-0.1, -0.05) is 66.7 Å². The molecule has 6 rings (SSSR count). The molecule has 0 bridgehead atoms. The van der Waals surface area contributed by atoms with Gasteiger partial charge in [0.25, 0.3) is 0 Å². The average Bonchev–Trinajstić information content (AvgIpc) is 2.79. The quantitative estimate of drug-likeness (QED) is 0.304. The number of pyridine rings is 3. The second-order valence-corrected chi connectivity index (χ2v) is 6.58. The third-order valence-corrected chi connectivity index (χ3v) is 4.84. The normalized spacial score (nSPS) is 10.9. The highest BCUT2D eigenvalue weighted by atomic mass is 14.7. The SMILES string of the molecule is c1ccc2c(c1)ccc1cccnc12.c1cnc2c(c1)ccc1cccnc12. The number of aromatic nitrogens is 3. The Morgan fingerprint density at radius 2 is 0.786 bits per heavy atom. The molecule has 28 heavy (non-hydrogen) atoms. The molecule has 0 amide bonds. The summed E-state index contributed by atoms with van der Waals surface area (Å²) in [4.78, 5) is 13.1. The van der Waals surface area contributed by atoms with Gasteiger partial charge < -0.3 is 0 Å². The molecule has 3 aromatic heterocycles. The molecular weight excluding hydrogens is 342 g/mol. The topological polar surface area (TPSA) is 38.7 Å². The van der Waals surface area contributed by atoms with E-state index < -0.39 is 0 Å². The molecule has 3 nitrogen and oxygen atoms in total. The minimum Gasteiger partial charge on any atom is -0.256 e.